The van der Waals surface area contributed by atoms with Gasteiger partial charge in [0.05, 0.1) is 34.1 Å². The molecule has 0 N–H and O–H groups in total. The molecule has 0 aliphatic heterocycles. The fourth-order valence-corrected chi connectivity index (χ4v) is 9.38. The second kappa shape index (κ2) is 17.3. The number of nitriles is 1. The molecule has 319 valence electrons. The minimum atomic E-state index is -2.54. The van der Waals surface area contributed by atoms with Gasteiger partial charge in [0.1, 0.15) is 5.58 Å². The standard InChI is InChI=1S/C40H36N3OSi.C15H15FN.Ir/c1-25-28(24-41)17-19-29-36-35(45(5,6)7)22-20-30(38(36)44-37(25)29)39-42-32-15-11-12-16-34(32)43(39)33-21-18-27(23-31(33)40(2,3)4)26-13-9-8-10-14-26;1-15(2,3)12-6-9-14(17-10-12)11-4-7-13(16)8-5-11;/h8-19,21-23H,1-7H3;4,6-10H,1-3H3;/q2*-1;/i1D3;;. The van der Waals surface area contributed by atoms with Crippen molar-refractivity contribution in [2.45, 2.75) is 78.9 Å². The normalized spacial score (nSPS) is 12.8. The second-order valence-electron chi connectivity index (χ2n) is 18.8. The Balaban J connectivity index is 0.000000303. The van der Waals surface area contributed by atoms with Crippen LogP contribution in [0.1, 0.15) is 67.9 Å². The summed E-state index contributed by atoms with van der Waals surface area (Å²) in [6, 6.07) is 47.5. The van der Waals surface area contributed by atoms with Crippen LogP contribution in [-0.4, -0.2) is 22.6 Å². The van der Waals surface area contributed by atoms with E-state index < -0.39 is 14.9 Å². The van der Waals surface area contributed by atoms with Gasteiger partial charge in [-0.3, -0.25) is 9.37 Å². The predicted octanol–water partition coefficient (Wildman–Crippen LogP) is 14.1. The molecule has 63 heavy (non-hydrogen) atoms. The van der Waals surface area contributed by atoms with E-state index >= 15 is 0 Å². The van der Waals surface area contributed by atoms with Crippen molar-refractivity contribution >= 4 is 46.2 Å². The fraction of sp³-hybridized carbons (Fsp3) is 0.218. The minimum absolute atomic E-state index is 0. The van der Waals surface area contributed by atoms with E-state index in [1.165, 1.54) is 17.7 Å². The van der Waals surface area contributed by atoms with Crippen LogP contribution in [0.4, 0.5) is 4.39 Å². The smallest absolute Gasteiger partial charge is 0.125 e. The third kappa shape index (κ3) is 8.84. The molecule has 3 aromatic heterocycles. The Morgan fingerprint density at radius 1 is 0.794 bits per heavy atom. The molecule has 0 aliphatic carbocycles. The number of halogens is 1. The summed E-state index contributed by atoms with van der Waals surface area (Å²) in [6.45, 7) is 17.3. The molecule has 0 spiro atoms. The van der Waals surface area contributed by atoms with Crippen molar-refractivity contribution in [3.63, 3.8) is 0 Å². The number of fused-ring (bicyclic) bond motifs is 4. The third-order valence-corrected chi connectivity index (χ3v) is 13.3. The van der Waals surface area contributed by atoms with Crippen LogP contribution in [0.5, 0.6) is 0 Å². The molecule has 9 aromatic rings. The third-order valence-electron chi connectivity index (χ3n) is 11.3. The molecule has 9 rings (SSSR count). The molecule has 5 nitrogen and oxygen atoms in total. The van der Waals surface area contributed by atoms with Gasteiger partial charge < -0.3 is 14.0 Å². The minimum Gasteiger partial charge on any atom is -0.500 e. The van der Waals surface area contributed by atoms with Crippen molar-refractivity contribution in [3.05, 3.63) is 168 Å². The topological polar surface area (TPSA) is 67.6 Å². The van der Waals surface area contributed by atoms with Gasteiger partial charge in [0.15, 0.2) is 0 Å². The Morgan fingerprint density at radius 2 is 1.54 bits per heavy atom. The number of aromatic nitrogens is 3. The molecule has 1 radical (unpaired) electrons. The van der Waals surface area contributed by atoms with Gasteiger partial charge in [-0.25, -0.2) is 0 Å². The number of hydrogen-bond acceptors (Lipinski definition) is 4. The van der Waals surface area contributed by atoms with Crippen molar-refractivity contribution in [1.29, 1.82) is 5.26 Å². The first-order valence-electron chi connectivity index (χ1n) is 22.3. The Kier molecular flexibility index (Phi) is 11.3. The van der Waals surface area contributed by atoms with E-state index in [0.717, 1.165) is 55.2 Å². The van der Waals surface area contributed by atoms with Crippen molar-refractivity contribution in [3.8, 4) is 45.5 Å². The average Bonchev–Trinajstić information content (AvgIpc) is 3.84. The summed E-state index contributed by atoms with van der Waals surface area (Å²) in [5.74, 6) is 0.372. The van der Waals surface area contributed by atoms with Crippen LogP contribution in [0.25, 0.3) is 72.4 Å². The van der Waals surface area contributed by atoms with Crippen LogP contribution in [-0.2, 0) is 30.9 Å². The summed E-state index contributed by atoms with van der Waals surface area (Å²) < 4.78 is 46.7. The molecule has 0 aliphatic rings. The van der Waals surface area contributed by atoms with Gasteiger partial charge in [0.25, 0.3) is 0 Å². The molecule has 0 unspecified atom stereocenters. The Labute approximate surface area is 389 Å². The van der Waals surface area contributed by atoms with Gasteiger partial charge >= 0.3 is 0 Å². The van der Waals surface area contributed by atoms with Crippen LogP contribution in [0.3, 0.4) is 0 Å². The van der Waals surface area contributed by atoms with Gasteiger partial charge in [0.2, 0.25) is 0 Å². The summed E-state index contributed by atoms with van der Waals surface area (Å²) in [5, 5.41) is 12.6. The van der Waals surface area contributed by atoms with E-state index in [-0.39, 0.29) is 53.5 Å². The van der Waals surface area contributed by atoms with Gasteiger partial charge in [-0.2, -0.15) is 5.26 Å². The van der Waals surface area contributed by atoms with Gasteiger partial charge in [-0.1, -0.05) is 139 Å². The molecule has 0 fully saturated rings. The Hall–Kier alpha value is -5.97. The largest absolute Gasteiger partial charge is 0.500 e. The van der Waals surface area contributed by atoms with Crippen LogP contribution in [0.15, 0.2) is 132 Å². The van der Waals surface area contributed by atoms with E-state index in [4.69, 9.17) is 13.5 Å². The molecular weight excluding hydrogens is 972 g/mol. The van der Waals surface area contributed by atoms with Crippen molar-refractivity contribution < 1.29 is 33.0 Å². The molecule has 8 heteroatoms. The molecule has 0 saturated heterocycles. The molecule has 6 aromatic carbocycles. The molecule has 0 bridgehead atoms. The van der Waals surface area contributed by atoms with E-state index in [2.05, 4.69) is 144 Å². The maximum atomic E-state index is 12.8. The van der Waals surface area contributed by atoms with Crippen LogP contribution in [0, 0.1) is 36.1 Å². The number of hydrogen-bond donors (Lipinski definition) is 0. The van der Waals surface area contributed by atoms with Crippen molar-refractivity contribution in [2.24, 2.45) is 0 Å². The monoisotopic (exact) mass is 1030 g/mol. The number of aryl methyl sites for hydroxylation is 1. The SMILES string of the molecule is CC(C)(C)c1ccc(-c2[c-]cc(F)cc2)nc1.[2H]C([2H])([2H])c1c(C#N)ccc2c1oc1c(-c3nc4ccccc4n3-c3ccc(-c4ccccc4)cc3C(C)(C)C)[c-]cc([Si](C)(C)C)c12.[Ir]. The van der Waals surface area contributed by atoms with Crippen LogP contribution in [0.2, 0.25) is 19.6 Å². The number of pyridine rings is 1. The Morgan fingerprint density at radius 3 is 2.17 bits per heavy atom. The zero-order valence-corrected chi connectivity index (χ0v) is 40.4. The zero-order chi connectivity index (χ0) is 46.6. The van der Waals surface area contributed by atoms with E-state index in [0.29, 0.717) is 22.4 Å². The number of nitrogens with zero attached hydrogens (tertiary/aromatic N) is 4. The van der Waals surface area contributed by atoms with Crippen molar-refractivity contribution in [1.82, 2.24) is 14.5 Å². The van der Waals surface area contributed by atoms with Gasteiger partial charge in [-0.15, -0.1) is 47.1 Å². The molecule has 0 atom stereocenters. The predicted molar refractivity (Wildman–Crippen MR) is 256 cm³/mol. The van der Waals surface area contributed by atoms with Gasteiger partial charge in [-0.05, 0) is 76.0 Å². The maximum Gasteiger partial charge on any atom is 0.125 e. The summed E-state index contributed by atoms with van der Waals surface area (Å²) in [4.78, 5) is 9.59. The summed E-state index contributed by atoms with van der Waals surface area (Å²) >= 11 is 0. The summed E-state index contributed by atoms with van der Waals surface area (Å²) in [6.07, 6.45) is 1.87. The fourth-order valence-electron chi connectivity index (χ4n) is 7.88. The van der Waals surface area contributed by atoms with Gasteiger partial charge in [0, 0.05) is 60.9 Å². The molecule has 0 saturated carbocycles. The number of benzene rings is 6. The number of furan rings is 1. The van der Waals surface area contributed by atoms with Crippen LogP contribution >= 0.6 is 0 Å². The second-order valence-corrected chi connectivity index (χ2v) is 23.9. The number of para-hydroxylation sites is 2. The first-order valence-corrected chi connectivity index (χ1v) is 24.3. The average molecular weight is 1030 g/mol. The summed E-state index contributed by atoms with van der Waals surface area (Å²) in [5.41, 5.74) is 10.3. The maximum absolute atomic E-state index is 12.8. The molecule has 3 heterocycles. The number of imidazole rings is 1. The van der Waals surface area contributed by atoms with E-state index in [1.54, 1.807) is 12.1 Å². The zero-order valence-electron chi connectivity index (χ0n) is 40.0. The first kappa shape index (κ1) is 41.1. The van der Waals surface area contributed by atoms with Crippen LogP contribution < -0.4 is 5.19 Å². The van der Waals surface area contributed by atoms with Crippen molar-refractivity contribution in [2.75, 3.05) is 0 Å². The molecular formula is C55H51FIrN4OSi-2. The molecule has 0 amide bonds. The summed E-state index contributed by atoms with van der Waals surface area (Å²) in [7, 11) is -1.99. The first-order chi connectivity index (χ1) is 30.6. The van der Waals surface area contributed by atoms with E-state index in [1.807, 2.05) is 48.7 Å². The quantitative estimate of drug-likeness (QED) is 0.127. The van der Waals surface area contributed by atoms with E-state index in [9.17, 15) is 9.65 Å². The Bertz CT molecular complexity index is 3260. The number of rotatable bonds is 5.